The van der Waals surface area contributed by atoms with Gasteiger partial charge in [0.1, 0.15) is 18.1 Å². The zero-order valence-corrected chi connectivity index (χ0v) is 21.8. The molecule has 39 heavy (non-hydrogen) atoms. The third-order valence-electron chi connectivity index (χ3n) is 6.84. The van der Waals surface area contributed by atoms with Crippen molar-refractivity contribution in [2.75, 3.05) is 53.0 Å². The maximum atomic E-state index is 13.5. The lowest BCUT2D eigenvalue weighted by Crippen LogP contribution is -2.59. The molecule has 12 heteroatoms. The fourth-order valence-electron chi connectivity index (χ4n) is 4.76. The van der Waals surface area contributed by atoms with Crippen molar-refractivity contribution in [1.82, 2.24) is 20.0 Å². The molecule has 0 aromatic heterocycles. The van der Waals surface area contributed by atoms with Gasteiger partial charge in [0.15, 0.2) is 0 Å². The van der Waals surface area contributed by atoms with Gasteiger partial charge in [0.2, 0.25) is 11.8 Å². The van der Waals surface area contributed by atoms with E-state index in [1.54, 1.807) is 23.0 Å². The first-order chi connectivity index (χ1) is 18.5. The van der Waals surface area contributed by atoms with Gasteiger partial charge in [0, 0.05) is 46.2 Å². The first kappa shape index (κ1) is 28.2. The molecule has 0 radical (unpaired) electrons. The van der Waals surface area contributed by atoms with Crippen LogP contribution in [0.5, 0.6) is 11.5 Å². The lowest BCUT2D eigenvalue weighted by Gasteiger charge is -2.41. The molecular weight excluding hydrogens is 517 g/mol. The highest BCUT2D eigenvalue weighted by atomic mass is 19.4. The van der Waals surface area contributed by atoms with E-state index in [1.807, 2.05) is 23.1 Å². The Labute approximate surface area is 224 Å². The van der Waals surface area contributed by atoms with Crippen molar-refractivity contribution in [2.45, 2.75) is 25.7 Å². The van der Waals surface area contributed by atoms with Crippen molar-refractivity contribution in [3.63, 3.8) is 0 Å². The molecule has 0 aliphatic carbocycles. The molecule has 210 valence electrons. The quantitative estimate of drug-likeness (QED) is 0.634. The Morgan fingerprint density at radius 2 is 1.92 bits per heavy atom. The molecule has 3 amide bonds. The molecule has 2 aliphatic rings. The van der Waals surface area contributed by atoms with Crippen molar-refractivity contribution >= 4 is 17.7 Å². The Bertz CT molecular complexity index is 1220. The van der Waals surface area contributed by atoms with E-state index in [-0.39, 0.29) is 62.5 Å². The Morgan fingerprint density at radius 3 is 2.64 bits per heavy atom. The van der Waals surface area contributed by atoms with Crippen molar-refractivity contribution in [2.24, 2.45) is 0 Å². The lowest BCUT2D eigenvalue weighted by molar-refractivity contribution is -0.143. The van der Waals surface area contributed by atoms with Crippen LogP contribution in [0.1, 0.15) is 28.4 Å². The molecule has 9 nitrogen and oxygen atoms in total. The van der Waals surface area contributed by atoms with Gasteiger partial charge in [-0.05, 0) is 35.9 Å². The maximum absolute atomic E-state index is 13.5. The third kappa shape index (κ3) is 6.99. The van der Waals surface area contributed by atoms with E-state index in [0.29, 0.717) is 18.8 Å². The summed E-state index contributed by atoms with van der Waals surface area (Å²) in [5.74, 6) is -0.408. The molecule has 2 aliphatic heterocycles. The van der Waals surface area contributed by atoms with Gasteiger partial charge in [-0.25, -0.2) is 0 Å². The lowest BCUT2D eigenvalue weighted by atomic mass is 10.1. The number of nitrogens with zero attached hydrogens (tertiary/aromatic N) is 3. The summed E-state index contributed by atoms with van der Waals surface area (Å²) < 4.78 is 51.4. The van der Waals surface area contributed by atoms with Gasteiger partial charge in [-0.15, -0.1) is 0 Å². The minimum absolute atomic E-state index is 0.0275. The molecule has 2 aromatic rings. The van der Waals surface area contributed by atoms with Crippen LogP contribution in [0.15, 0.2) is 42.5 Å². The number of halogens is 3. The number of hydrogen-bond donors (Lipinski definition) is 1. The van der Waals surface area contributed by atoms with Crippen molar-refractivity contribution in [3.8, 4) is 11.5 Å². The zero-order chi connectivity index (χ0) is 28.2. The predicted octanol–water partition coefficient (Wildman–Crippen LogP) is 2.40. The molecule has 4 rings (SSSR count). The van der Waals surface area contributed by atoms with Crippen LogP contribution >= 0.6 is 0 Å². The Balaban J connectivity index is 1.65. The van der Waals surface area contributed by atoms with Crippen molar-refractivity contribution in [1.29, 1.82) is 0 Å². The number of fused-ring (bicyclic) bond motifs is 2. The van der Waals surface area contributed by atoms with Crippen LogP contribution in [0.25, 0.3) is 0 Å². The van der Waals surface area contributed by atoms with E-state index < -0.39 is 23.7 Å². The van der Waals surface area contributed by atoms with Crippen molar-refractivity contribution in [3.05, 3.63) is 59.2 Å². The van der Waals surface area contributed by atoms with Gasteiger partial charge in [-0.3, -0.25) is 19.3 Å². The first-order valence-corrected chi connectivity index (χ1v) is 12.6. The van der Waals surface area contributed by atoms with Gasteiger partial charge >= 0.3 is 6.18 Å². The monoisotopic (exact) mass is 548 g/mol. The molecule has 2 heterocycles. The van der Waals surface area contributed by atoms with E-state index in [2.05, 4.69) is 5.32 Å². The van der Waals surface area contributed by atoms with Crippen LogP contribution in [-0.2, 0) is 22.3 Å². The molecule has 0 saturated carbocycles. The van der Waals surface area contributed by atoms with Crippen LogP contribution in [0.4, 0.5) is 13.2 Å². The molecule has 0 spiro atoms. The molecule has 0 unspecified atom stereocenters. The smallest absolute Gasteiger partial charge is 0.416 e. The highest BCUT2D eigenvalue weighted by molar-refractivity contribution is 5.97. The molecule has 1 N–H and O–H groups in total. The Morgan fingerprint density at radius 1 is 1.13 bits per heavy atom. The van der Waals surface area contributed by atoms with E-state index >= 15 is 0 Å². The number of carbonyl (C=O) groups is 3. The largest absolute Gasteiger partial charge is 0.497 e. The number of amides is 3. The number of methoxy groups -OCH3 is 1. The number of rotatable bonds is 3. The van der Waals surface area contributed by atoms with Gasteiger partial charge in [-0.2, -0.15) is 13.2 Å². The van der Waals surface area contributed by atoms with E-state index in [1.165, 1.54) is 6.92 Å². The summed E-state index contributed by atoms with van der Waals surface area (Å²) in [6, 6.07) is 9.57. The summed E-state index contributed by atoms with van der Waals surface area (Å²) in [7, 11) is 1.56. The molecule has 1 atom stereocenters. The minimum Gasteiger partial charge on any atom is -0.497 e. The predicted molar refractivity (Wildman–Crippen MR) is 135 cm³/mol. The van der Waals surface area contributed by atoms with Crippen LogP contribution < -0.4 is 14.8 Å². The summed E-state index contributed by atoms with van der Waals surface area (Å²) in [6.45, 7) is 2.96. The van der Waals surface area contributed by atoms with Gasteiger partial charge in [0.05, 0.1) is 30.8 Å². The van der Waals surface area contributed by atoms with Crippen LogP contribution in [-0.4, -0.2) is 91.4 Å². The highest BCUT2D eigenvalue weighted by Crippen LogP contribution is 2.33. The fourth-order valence-corrected chi connectivity index (χ4v) is 4.76. The number of ether oxygens (including phenoxy) is 2. The Hall–Kier alpha value is -3.80. The second-order valence-electron chi connectivity index (χ2n) is 9.54. The van der Waals surface area contributed by atoms with Gasteiger partial charge in [-0.1, -0.05) is 12.1 Å². The van der Waals surface area contributed by atoms with E-state index in [9.17, 15) is 27.6 Å². The van der Waals surface area contributed by atoms with Gasteiger partial charge in [0.25, 0.3) is 5.91 Å². The second kappa shape index (κ2) is 11.9. The average molecular weight is 549 g/mol. The summed E-state index contributed by atoms with van der Waals surface area (Å²) >= 11 is 0. The van der Waals surface area contributed by atoms with Crippen LogP contribution in [0.3, 0.4) is 0 Å². The zero-order valence-electron chi connectivity index (χ0n) is 21.8. The topological polar surface area (TPSA) is 91.4 Å². The number of benzene rings is 2. The molecule has 0 bridgehead atoms. The fraction of sp³-hybridized carbons (Fsp3) is 0.444. The molecule has 1 saturated heterocycles. The SMILES string of the molecule is COc1cccc(CN2CCNC(=O)c3cc(C(F)(F)F)ccc3OC[C@@H]3CN(C(C)=O)CCN3C(=O)C2)c1. The molecule has 1 fully saturated rings. The number of nitrogens with one attached hydrogen (secondary N) is 1. The maximum Gasteiger partial charge on any atom is 0.416 e. The van der Waals surface area contributed by atoms with E-state index in [0.717, 1.165) is 23.8 Å². The summed E-state index contributed by atoms with van der Waals surface area (Å²) in [5.41, 5.74) is -0.332. The standard InChI is InChI=1S/C27H31F3N4O5/c1-18(35)33-10-11-34-21(15-33)17-39-24-7-6-20(27(28,29)30)13-23(24)26(37)31-8-9-32(16-25(34)36)14-19-4-3-5-22(12-19)38-2/h3-7,12-13,21H,8-11,14-17H2,1-2H3,(H,31,37)/t21-/m0/s1. The second-order valence-corrected chi connectivity index (χ2v) is 9.54. The van der Waals surface area contributed by atoms with Crippen molar-refractivity contribution < 1.29 is 37.0 Å². The molecule has 2 aromatic carbocycles. The van der Waals surface area contributed by atoms with Crippen LogP contribution in [0.2, 0.25) is 0 Å². The highest BCUT2D eigenvalue weighted by Gasteiger charge is 2.35. The normalized spacial score (nSPS) is 19.5. The number of alkyl halides is 3. The average Bonchev–Trinajstić information content (AvgIpc) is 2.91. The van der Waals surface area contributed by atoms with E-state index in [4.69, 9.17) is 9.47 Å². The number of carbonyl (C=O) groups excluding carboxylic acids is 3. The summed E-state index contributed by atoms with van der Waals surface area (Å²) in [6.07, 6.45) is -4.64. The van der Waals surface area contributed by atoms with Crippen LogP contribution in [0, 0.1) is 0 Å². The summed E-state index contributed by atoms with van der Waals surface area (Å²) in [4.78, 5) is 43.7. The Kier molecular flexibility index (Phi) is 8.63. The third-order valence-corrected chi connectivity index (χ3v) is 6.84. The first-order valence-electron chi connectivity index (χ1n) is 12.6. The number of piperazine rings is 1. The number of hydrogen-bond acceptors (Lipinski definition) is 6. The van der Waals surface area contributed by atoms with Gasteiger partial charge < -0.3 is 24.6 Å². The minimum atomic E-state index is -4.64. The summed E-state index contributed by atoms with van der Waals surface area (Å²) in [5, 5.41) is 2.66. The molecular formula is C27H31F3N4O5.